The molecular formula is C36H33BrFN3O6. The monoisotopic (exact) mass is 701 g/mol. The van der Waals surface area contributed by atoms with Gasteiger partial charge in [0.1, 0.15) is 11.4 Å². The third kappa shape index (κ3) is 6.04. The maximum Gasteiger partial charge on any atom is 0.335 e. The van der Waals surface area contributed by atoms with E-state index in [9.17, 15) is 23.6 Å². The van der Waals surface area contributed by atoms with E-state index in [1.165, 1.54) is 81.5 Å². The van der Waals surface area contributed by atoms with Crippen LogP contribution in [0.15, 0.2) is 70.7 Å². The van der Waals surface area contributed by atoms with Gasteiger partial charge in [0.2, 0.25) is 0 Å². The van der Waals surface area contributed by atoms with E-state index in [1.54, 1.807) is 24.3 Å². The van der Waals surface area contributed by atoms with E-state index in [0.717, 1.165) is 22.7 Å². The van der Waals surface area contributed by atoms with Crippen LogP contribution in [0, 0.1) is 23.6 Å². The van der Waals surface area contributed by atoms with Crippen LogP contribution in [-0.4, -0.2) is 37.5 Å². The number of imide groups is 2. The van der Waals surface area contributed by atoms with Gasteiger partial charge in [-0.05, 0) is 143 Å². The minimum atomic E-state index is -0.811. The normalized spacial score (nSPS) is 25.6. The summed E-state index contributed by atoms with van der Waals surface area (Å²) in [6.45, 7) is -0.369. The summed E-state index contributed by atoms with van der Waals surface area (Å²) in [4.78, 5) is 52.9. The van der Waals surface area contributed by atoms with E-state index < -0.39 is 29.6 Å². The SMILES string of the molecule is COc1cc(/C=C2\C(=O)NC(=O)N(c3ccc(C45CC6CC(CC(C6)C4)C5)cc3)C2=O)cc(Br)c1OCC(=O)Nc1ccc(F)cc1. The highest BCUT2D eigenvalue weighted by Crippen LogP contribution is 2.60. The molecule has 1 saturated heterocycles. The topological polar surface area (TPSA) is 114 Å². The molecule has 5 fully saturated rings. The number of nitrogens with zero attached hydrogens (tertiary/aromatic N) is 1. The van der Waals surface area contributed by atoms with Gasteiger partial charge in [0.25, 0.3) is 17.7 Å². The minimum absolute atomic E-state index is 0.178. The van der Waals surface area contributed by atoms with Crippen molar-refractivity contribution >= 4 is 57.1 Å². The fraction of sp³-hybridized carbons (Fsp3) is 0.333. The Bertz CT molecular complexity index is 1770. The number of hydrogen-bond acceptors (Lipinski definition) is 6. The van der Waals surface area contributed by atoms with Crippen LogP contribution in [0.25, 0.3) is 6.08 Å². The Morgan fingerprint density at radius 1 is 1.00 bits per heavy atom. The number of hydrogen-bond donors (Lipinski definition) is 2. The summed E-state index contributed by atoms with van der Waals surface area (Å²) in [6, 6.07) is 15.4. The van der Waals surface area contributed by atoms with E-state index in [4.69, 9.17) is 9.47 Å². The van der Waals surface area contributed by atoms with Crippen molar-refractivity contribution < 1.29 is 33.0 Å². The lowest BCUT2D eigenvalue weighted by Gasteiger charge is -2.57. The molecule has 1 heterocycles. The Labute approximate surface area is 279 Å². The van der Waals surface area contributed by atoms with Gasteiger partial charge in [-0.1, -0.05) is 12.1 Å². The molecule has 5 aliphatic rings. The Balaban J connectivity index is 1.08. The molecule has 4 aliphatic carbocycles. The lowest BCUT2D eigenvalue weighted by molar-refractivity contribution is -0.122. The second-order valence-corrected chi connectivity index (χ2v) is 13.9. The number of carbonyl (C=O) groups is 4. The van der Waals surface area contributed by atoms with Crippen molar-refractivity contribution in [1.29, 1.82) is 0 Å². The molecule has 5 amide bonds. The molecule has 9 nitrogen and oxygen atoms in total. The molecule has 3 aromatic rings. The minimum Gasteiger partial charge on any atom is -0.493 e. The molecule has 11 heteroatoms. The summed E-state index contributed by atoms with van der Waals surface area (Å²) in [5, 5.41) is 4.90. The molecule has 2 N–H and O–H groups in total. The zero-order chi connectivity index (χ0) is 32.9. The zero-order valence-corrected chi connectivity index (χ0v) is 27.3. The second kappa shape index (κ2) is 12.3. The molecule has 1 aliphatic heterocycles. The molecule has 242 valence electrons. The first-order valence-corrected chi connectivity index (χ1v) is 16.5. The highest BCUT2D eigenvalue weighted by atomic mass is 79.9. The van der Waals surface area contributed by atoms with Crippen molar-refractivity contribution in [3.05, 3.63) is 87.7 Å². The number of halogens is 2. The molecule has 0 aromatic heterocycles. The van der Waals surface area contributed by atoms with Gasteiger partial charge in [-0.3, -0.25) is 19.7 Å². The highest BCUT2D eigenvalue weighted by Gasteiger charge is 2.51. The Morgan fingerprint density at radius 2 is 1.64 bits per heavy atom. The van der Waals surface area contributed by atoms with E-state index >= 15 is 0 Å². The van der Waals surface area contributed by atoms with Gasteiger partial charge >= 0.3 is 6.03 Å². The fourth-order valence-corrected chi connectivity index (χ4v) is 8.89. The number of rotatable bonds is 8. The van der Waals surface area contributed by atoms with Crippen LogP contribution < -0.4 is 25.0 Å². The maximum absolute atomic E-state index is 13.7. The quantitative estimate of drug-likeness (QED) is 0.199. The Kier molecular flexibility index (Phi) is 8.11. The Morgan fingerprint density at radius 3 is 2.26 bits per heavy atom. The molecule has 4 saturated carbocycles. The second-order valence-electron chi connectivity index (χ2n) is 13.1. The van der Waals surface area contributed by atoms with Gasteiger partial charge in [-0.2, -0.15) is 0 Å². The van der Waals surface area contributed by atoms with Crippen molar-refractivity contribution in [2.45, 2.75) is 43.9 Å². The number of anilines is 2. The molecule has 0 spiro atoms. The maximum atomic E-state index is 13.7. The van der Waals surface area contributed by atoms with Crippen molar-refractivity contribution in [1.82, 2.24) is 5.32 Å². The van der Waals surface area contributed by atoms with Gasteiger partial charge in [-0.15, -0.1) is 0 Å². The van der Waals surface area contributed by atoms with Crippen molar-refractivity contribution in [2.75, 3.05) is 23.9 Å². The number of ether oxygens (including phenoxy) is 2. The Hall–Kier alpha value is -4.51. The number of urea groups is 1. The van der Waals surface area contributed by atoms with Crippen molar-refractivity contribution in [3.63, 3.8) is 0 Å². The number of nitrogens with one attached hydrogen (secondary N) is 2. The average Bonchev–Trinajstić information content (AvgIpc) is 3.03. The van der Waals surface area contributed by atoms with Gasteiger partial charge in [-0.25, -0.2) is 14.1 Å². The summed E-state index contributed by atoms with van der Waals surface area (Å²) in [5.74, 6) is 0.384. The van der Waals surface area contributed by atoms with E-state index in [-0.39, 0.29) is 29.1 Å². The van der Waals surface area contributed by atoms with Gasteiger partial charge in [0.15, 0.2) is 18.1 Å². The molecule has 47 heavy (non-hydrogen) atoms. The number of benzene rings is 3. The van der Waals surface area contributed by atoms with Crippen molar-refractivity contribution in [3.8, 4) is 11.5 Å². The standard InChI is InChI=1S/C36H33BrFN3O6/c1-46-30-15-20(14-29(37)32(30)47-19-31(42)39-26-6-4-25(38)5-7-26)13-28-33(43)40-35(45)41(34(28)44)27-8-2-24(3-9-27)36-16-21-10-22(17-36)12-23(11-21)18-36/h2-9,13-15,21-23H,10-12,16-19H2,1H3,(H,39,42)(H,40,43,45)/b28-13+. The van der Waals surface area contributed by atoms with Crippen molar-refractivity contribution in [2.24, 2.45) is 17.8 Å². The summed E-state index contributed by atoms with van der Waals surface area (Å²) in [5.41, 5.74) is 2.44. The molecule has 3 aromatic carbocycles. The predicted molar refractivity (Wildman–Crippen MR) is 177 cm³/mol. The number of methoxy groups -OCH3 is 1. The van der Waals surface area contributed by atoms with E-state index in [2.05, 4.69) is 26.6 Å². The molecule has 0 radical (unpaired) electrons. The number of carbonyl (C=O) groups excluding carboxylic acids is 4. The van der Waals surface area contributed by atoms with Crippen LogP contribution in [0.2, 0.25) is 0 Å². The van der Waals surface area contributed by atoms with Crippen LogP contribution in [0.1, 0.15) is 49.7 Å². The first-order valence-electron chi connectivity index (χ1n) is 15.7. The molecule has 8 rings (SSSR count). The third-order valence-electron chi connectivity index (χ3n) is 9.92. The summed E-state index contributed by atoms with van der Waals surface area (Å²) in [6.07, 6.45) is 9.02. The van der Waals surface area contributed by atoms with Gasteiger partial charge in [0, 0.05) is 5.69 Å². The van der Waals surface area contributed by atoms with Crippen LogP contribution in [0.3, 0.4) is 0 Å². The van der Waals surface area contributed by atoms with Crippen LogP contribution in [0.5, 0.6) is 11.5 Å². The highest BCUT2D eigenvalue weighted by molar-refractivity contribution is 9.10. The molecule has 0 unspecified atom stereocenters. The number of amides is 5. The molecule has 4 bridgehead atoms. The average molecular weight is 703 g/mol. The summed E-state index contributed by atoms with van der Waals surface area (Å²) in [7, 11) is 1.41. The van der Waals surface area contributed by atoms with Crippen LogP contribution in [-0.2, 0) is 19.8 Å². The summed E-state index contributed by atoms with van der Waals surface area (Å²) < 4.78 is 24.7. The third-order valence-corrected chi connectivity index (χ3v) is 10.5. The van der Waals surface area contributed by atoms with Gasteiger partial charge < -0.3 is 14.8 Å². The smallest absolute Gasteiger partial charge is 0.335 e. The lowest BCUT2D eigenvalue weighted by atomic mass is 9.48. The lowest BCUT2D eigenvalue weighted by Crippen LogP contribution is -2.54. The van der Waals surface area contributed by atoms with Gasteiger partial charge in [0.05, 0.1) is 17.3 Å². The van der Waals surface area contributed by atoms with Crippen LogP contribution >= 0.6 is 15.9 Å². The predicted octanol–water partition coefficient (Wildman–Crippen LogP) is 6.75. The molecular weight excluding hydrogens is 669 g/mol. The molecule has 0 atom stereocenters. The fourth-order valence-electron chi connectivity index (χ4n) is 8.32. The summed E-state index contributed by atoms with van der Waals surface area (Å²) >= 11 is 3.42. The number of barbiturate groups is 1. The largest absolute Gasteiger partial charge is 0.493 e. The first-order chi connectivity index (χ1) is 22.6. The zero-order valence-electron chi connectivity index (χ0n) is 25.7. The van der Waals surface area contributed by atoms with Crippen LogP contribution in [0.4, 0.5) is 20.6 Å². The first kappa shape index (κ1) is 31.1. The van der Waals surface area contributed by atoms with E-state index in [1.807, 2.05) is 12.1 Å². The van der Waals surface area contributed by atoms with E-state index in [0.29, 0.717) is 21.4 Å².